The standard InChI is InChI=1S/C12H17BrN2/c1-12(14)7-4-8-15(9-12)11-6-3-2-5-10(11)13/h2-3,5-6H,4,7-9,14H2,1H3. The maximum absolute atomic E-state index is 6.20. The lowest BCUT2D eigenvalue weighted by Crippen LogP contribution is -2.52. The molecule has 0 aliphatic carbocycles. The van der Waals surface area contributed by atoms with Crippen LogP contribution in [0.3, 0.4) is 0 Å². The van der Waals surface area contributed by atoms with Crippen molar-refractivity contribution >= 4 is 21.6 Å². The fourth-order valence-corrected chi connectivity index (χ4v) is 2.72. The van der Waals surface area contributed by atoms with Crippen molar-refractivity contribution < 1.29 is 0 Å². The molecule has 0 saturated carbocycles. The van der Waals surface area contributed by atoms with Crippen molar-refractivity contribution in [3.05, 3.63) is 28.7 Å². The van der Waals surface area contributed by atoms with E-state index in [-0.39, 0.29) is 5.54 Å². The first-order valence-corrected chi connectivity index (χ1v) is 6.16. The van der Waals surface area contributed by atoms with Gasteiger partial charge >= 0.3 is 0 Å². The largest absolute Gasteiger partial charge is 0.369 e. The van der Waals surface area contributed by atoms with Crippen molar-refractivity contribution in [3.8, 4) is 0 Å². The minimum absolute atomic E-state index is 0.0481. The van der Waals surface area contributed by atoms with Gasteiger partial charge in [-0.15, -0.1) is 0 Å². The van der Waals surface area contributed by atoms with Gasteiger partial charge in [-0.3, -0.25) is 0 Å². The summed E-state index contributed by atoms with van der Waals surface area (Å²) in [6, 6.07) is 8.34. The molecule has 1 heterocycles. The summed E-state index contributed by atoms with van der Waals surface area (Å²) in [5.74, 6) is 0. The van der Waals surface area contributed by atoms with Gasteiger partial charge in [-0.2, -0.15) is 0 Å². The summed E-state index contributed by atoms with van der Waals surface area (Å²) in [5.41, 5.74) is 7.41. The number of rotatable bonds is 1. The van der Waals surface area contributed by atoms with Gasteiger partial charge < -0.3 is 10.6 Å². The molecule has 3 heteroatoms. The molecule has 2 N–H and O–H groups in total. The maximum atomic E-state index is 6.20. The van der Waals surface area contributed by atoms with Crippen molar-refractivity contribution in [3.63, 3.8) is 0 Å². The predicted molar refractivity (Wildman–Crippen MR) is 68.2 cm³/mol. The molecule has 1 aromatic carbocycles. The van der Waals surface area contributed by atoms with E-state index in [4.69, 9.17) is 5.73 Å². The summed E-state index contributed by atoms with van der Waals surface area (Å²) in [6.45, 7) is 4.18. The smallest absolute Gasteiger partial charge is 0.0511 e. The Kier molecular flexibility index (Phi) is 3.03. The van der Waals surface area contributed by atoms with Crippen LogP contribution in [0.1, 0.15) is 19.8 Å². The van der Waals surface area contributed by atoms with Gasteiger partial charge in [0.15, 0.2) is 0 Å². The molecule has 15 heavy (non-hydrogen) atoms. The van der Waals surface area contributed by atoms with Crippen molar-refractivity contribution in [2.75, 3.05) is 18.0 Å². The van der Waals surface area contributed by atoms with Crippen LogP contribution in [0, 0.1) is 0 Å². The SMILES string of the molecule is CC1(N)CCCN(c2ccccc2Br)C1. The number of para-hydroxylation sites is 1. The lowest BCUT2D eigenvalue weighted by Gasteiger charge is -2.39. The molecule has 0 aromatic heterocycles. The van der Waals surface area contributed by atoms with Crippen molar-refractivity contribution in [2.24, 2.45) is 5.73 Å². The average molecular weight is 269 g/mol. The quantitative estimate of drug-likeness (QED) is 0.849. The Morgan fingerprint density at radius 2 is 2.13 bits per heavy atom. The fraction of sp³-hybridized carbons (Fsp3) is 0.500. The van der Waals surface area contributed by atoms with Crippen LogP contribution in [-0.4, -0.2) is 18.6 Å². The molecule has 1 aromatic rings. The summed E-state index contributed by atoms with van der Waals surface area (Å²) in [6.07, 6.45) is 2.29. The van der Waals surface area contributed by atoms with Crippen LogP contribution in [0.25, 0.3) is 0 Å². The highest BCUT2D eigenvalue weighted by molar-refractivity contribution is 9.10. The molecule has 1 aliphatic heterocycles. The predicted octanol–water partition coefficient (Wildman–Crippen LogP) is 2.77. The van der Waals surface area contributed by atoms with Crippen LogP contribution in [0.2, 0.25) is 0 Å². The Morgan fingerprint density at radius 3 is 2.80 bits per heavy atom. The highest BCUT2D eigenvalue weighted by atomic mass is 79.9. The summed E-state index contributed by atoms with van der Waals surface area (Å²) in [5, 5.41) is 0. The molecule has 0 bridgehead atoms. The average Bonchev–Trinajstić information content (AvgIpc) is 2.17. The molecule has 1 saturated heterocycles. The molecular weight excluding hydrogens is 252 g/mol. The highest BCUT2D eigenvalue weighted by Gasteiger charge is 2.27. The van der Waals surface area contributed by atoms with E-state index >= 15 is 0 Å². The number of anilines is 1. The number of benzene rings is 1. The van der Waals surface area contributed by atoms with Crippen LogP contribution in [-0.2, 0) is 0 Å². The fourth-order valence-electron chi connectivity index (χ4n) is 2.18. The van der Waals surface area contributed by atoms with Gasteiger partial charge in [0.25, 0.3) is 0 Å². The topological polar surface area (TPSA) is 29.3 Å². The minimum atomic E-state index is -0.0481. The Morgan fingerprint density at radius 1 is 1.40 bits per heavy atom. The first-order valence-electron chi connectivity index (χ1n) is 5.37. The zero-order chi connectivity index (χ0) is 10.9. The van der Waals surface area contributed by atoms with Crippen LogP contribution < -0.4 is 10.6 Å². The molecule has 2 rings (SSSR count). The van der Waals surface area contributed by atoms with Gasteiger partial charge in [-0.1, -0.05) is 12.1 Å². The van der Waals surface area contributed by atoms with E-state index in [0.29, 0.717) is 0 Å². The zero-order valence-corrected chi connectivity index (χ0v) is 10.6. The van der Waals surface area contributed by atoms with Crippen LogP contribution in [0.5, 0.6) is 0 Å². The third-order valence-electron chi connectivity index (χ3n) is 2.92. The summed E-state index contributed by atoms with van der Waals surface area (Å²) in [7, 11) is 0. The number of hydrogen-bond donors (Lipinski definition) is 1. The highest BCUT2D eigenvalue weighted by Crippen LogP contribution is 2.30. The minimum Gasteiger partial charge on any atom is -0.369 e. The molecular formula is C12H17BrN2. The molecule has 2 nitrogen and oxygen atoms in total. The lowest BCUT2D eigenvalue weighted by atomic mass is 9.92. The monoisotopic (exact) mass is 268 g/mol. The maximum Gasteiger partial charge on any atom is 0.0511 e. The molecule has 1 unspecified atom stereocenters. The van der Waals surface area contributed by atoms with Gasteiger partial charge in [-0.25, -0.2) is 0 Å². The van der Waals surface area contributed by atoms with Crippen LogP contribution in [0.15, 0.2) is 28.7 Å². The number of hydrogen-bond acceptors (Lipinski definition) is 2. The molecule has 0 spiro atoms. The zero-order valence-electron chi connectivity index (χ0n) is 9.04. The van der Waals surface area contributed by atoms with Gasteiger partial charge in [0, 0.05) is 23.1 Å². The summed E-state index contributed by atoms with van der Waals surface area (Å²) in [4.78, 5) is 2.37. The third-order valence-corrected chi connectivity index (χ3v) is 3.59. The molecule has 1 fully saturated rings. The number of piperidine rings is 1. The second-order valence-electron chi connectivity index (χ2n) is 4.63. The molecule has 0 radical (unpaired) electrons. The molecule has 82 valence electrons. The van der Waals surface area contributed by atoms with Gasteiger partial charge in [0.1, 0.15) is 0 Å². The third kappa shape index (κ3) is 2.52. The number of nitrogens with zero attached hydrogens (tertiary/aromatic N) is 1. The van der Waals surface area contributed by atoms with E-state index in [9.17, 15) is 0 Å². The molecule has 1 aliphatic rings. The van der Waals surface area contributed by atoms with Crippen molar-refractivity contribution in [1.29, 1.82) is 0 Å². The van der Waals surface area contributed by atoms with E-state index in [1.165, 1.54) is 12.1 Å². The summed E-state index contributed by atoms with van der Waals surface area (Å²) >= 11 is 3.59. The van der Waals surface area contributed by atoms with E-state index in [1.807, 2.05) is 6.07 Å². The van der Waals surface area contributed by atoms with E-state index in [0.717, 1.165) is 24.0 Å². The molecule has 1 atom stereocenters. The second-order valence-corrected chi connectivity index (χ2v) is 5.48. The van der Waals surface area contributed by atoms with Crippen LogP contribution >= 0.6 is 15.9 Å². The van der Waals surface area contributed by atoms with E-state index in [2.05, 4.69) is 46.0 Å². The van der Waals surface area contributed by atoms with Gasteiger partial charge in [0.2, 0.25) is 0 Å². The van der Waals surface area contributed by atoms with E-state index in [1.54, 1.807) is 0 Å². The molecule has 0 amide bonds. The first-order chi connectivity index (χ1) is 7.08. The Balaban J connectivity index is 2.21. The van der Waals surface area contributed by atoms with E-state index < -0.39 is 0 Å². The van der Waals surface area contributed by atoms with Crippen molar-refractivity contribution in [1.82, 2.24) is 0 Å². The normalized spacial score (nSPS) is 26.7. The van der Waals surface area contributed by atoms with Crippen LogP contribution in [0.4, 0.5) is 5.69 Å². The second kappa shape index (κ2) is 4.14. The van der Waals surface area contributed by atoms with Gasteiger partial charge in [0.05, 0.1) is 5.69 Å². The Bertz CT molecular complexity index is 349. The van der Waals surface area contributed by atoms with Gasteiger partial charge in [-0.05, 0) is 47.8 Å². The first kappa shape index (κ1) is 11.0. The Labute approximate surface area is 99.6 Å². The Hall–Kier alpha value is -0.540. The number of nitrogens with two attached hydrogens (primary N) is 1. The number of halogens is 1. The van der Waals surface area contributed by atoms with Crippen molar-refractivity contribution in [2.45, 2.75) is 25.3 Å². The summed E-state index contributed by atoms with van der Waals surface area (Å²) < 4.78 is 1.16. The lowest BCUT2D eigenvalue weighted by molar-refractivity contribution is 0.374.